The van der Waals surface area contributed by atoms with Gasteiger partial charge in [0.15, 0.2) is 0 Å². The van der Waals surface area contributed by atoms with Crippen LogP contribution in [0.25, 0.3) is 0 Å². The summed E-state index contributed by atoms with van der Waals surface area (Å²) in [5.74, 6) is 6.09. The summed E-state index contributed by atoms with van der Waals surface area (Å²) in [5.41, 5.74) is 4.73. The van der Waals surface area contributed by atoms with Gasteiger partial charge in [-0.25, -0.2) is 5.43 Å². The zero-order chi connectivity index (χ0) is 11.4. The van der Waals surface area contributed by atoms with Crippen LogP contribution in [0.15, 0.2) is 12.1 Å². The molecule has 0 aromatic heterocycles. The van der Waals surface area contributed by atoms with Crippen molar-refractivity contribution < 1.29 is 4.74 Å². The van der Waals surface area contributed by atoms with Crippen molar-refractivity contribution in [3.05, 3.63) is 28.3 Å². The molecule has 0 radical (unpaired) electrons. The zero-order valence-corrected chi connectivity index (χ0v) is 9.85. The van der Waals surface area contributed by atoms with Crippen LogP contribution >= 0.6 is 11.6 Å². The smallest absolute Gasteiger partial charge is 0.137 e. The minimum atomic E-state index is -0.117. The van der Waals surface area contributed by atoms with Gasteiger partial charge in [-0.1, -0.05) is 11.6 Å². The molecule has 5 heteroatoms. The van der Waals surface area contributed by atoms with Crippen LogP contribution in [0.4, 0.5) is 0 Å². The van der Waals surface area contributed by atoms with Crippen LogP contribution in [-0.2, 0) is 0 Å². The van der Waals surface area contributed by atoms with E-state index in [-0.39, 0.29) is 6.17 Å². The molecular weight excluding hydrogens is 214 g/mol. The SMILES string of the molecule is CNC(NN)c1cc(Cl)c(OC)cc1C. The van der Waals surface area contributed by atoms with Gasteiger partial charge in [0, 0.05) is 0 Å². The lowest BCUT2D eigenvalue weighted by Crippen LogP contribution is -2.36. The molecule has 4 N–H and O–H groups in total. The number of benzene rings is 1. The maximum atomic E-state index is 6.04. The molecular formula is C10H16ClN3O. The topological polar surface area (TPSA) is 59.3 Å². The Hall–Kier alpha value is -0.810. The maximum absolute atomic E-state index is 6.04. The predicted octanol–water partition coefficient (Wildman–Crippen LogP) is 1.34. The quantitative estimate of drug-likeness (QED) is 0.414. The minimum Gasteiger partial charge on any atom is -0.495 e. The van der Waals surface area contributed by atoms with Crippen LogP contribution < -0.4 is 21.3 Å². The molecule has 0 aliphatic carbocycles. The zero-order valence-electron chi connectivity index (χ0n) is 9.10. The Kier molecular flexibility index (Phi) is 4.35. The summed E-state index contributed by atoms with van der Waals surface area (Å²) in [6, 6.07) is 3.73. The molecule has 0 spiro atoms. The molecule has 1 atom stereocenters. The van der Waals surface area contributed by atoms with Crippen molar-refractivity contribution in [2.45, 2.75) is 13.1 Å². The molecule has 1 rings (SSSR count). The molecule has 15 heavy (non-hydrogen) atoms. The van der Waals surface area contributed by atoms with Gasteiger partial charge in [-0.2, -0.15) is 0 Å². The first-order valence-electron chi connectivity index (χ1n) is 4.61. The second-order valence-corrected chi connectivity index (χ2v) is 3.64. The molecule has 1 aromatic carbocycles. The Bertz CT molecular complexity index is 340. The average molecular weight is 230 g/mol. The summed E-state index contributed by atoms with van der Waals surface area (Å²) in [6.07, 6.45) is -0.117. The number of ether oxygens (including phenoxy) is 1. The lowest BCUT2D eigenvalue weighted by molar-refractivity contribution is 0.413. The first-order valence-corrected chi connectivity index (χ1v) is 4.99. The van der Waals surface area contributed by atoms with Crippen molar-refractivity contribution in [2.75, 3.05) is 14.2 Å². The fourth-order valence-electron chi connectivity index (χ4n) is 1.47. The van der Waals surface area contributed by atoms with Crippen molar-refractivity contribution in [3.8, 4) is 5.75 Å². The van der Waals surface area contributed by atoms with Gasteiger partial charge in [0.1, 0.15) is 5.75 Å². The van der Waals surface area contributed by atoms with Crippen LogP contribution in [0.1, 0.15) is 17.3 Å². The van der Waals surface area contributed by atoms with Gasteiger partial charge < -0.3 is 10.1 Å². The maximum Gasteiger partial charge on any atom is 0.137 e. The third kappa shape index (κ3) is 2.60. The lowest BCUT2D eigenvalue weighted by Gasteiger charge is -2.19. The second-order valence-electron chi connectivity index (χ2n) is 3.23. The van der Waals surface area contributed by atoms with Crippen LogP contribution in [0.3, 0.4) is 0 Å². The number of methoxy groups -OCH3 is 1. The molecule has 0 saturated heterocycles. The van der Waals surface area contributed by atoms with Crippen molar-refractivity contribution in [1.82, 2.24) is 10.7 Å². The summed E-state index contributed by atoms with van der Waals surface area (Å²) in [4.78, 5) is 0. The van der Waals surface area contributed by atoms with E-state index in [1.807, 2.05) is 26.1 Å². The highest BCUT2D eigenvalue weighted by atomic mass is 35.5. The van der Waals surface area contributed by atoms with Crippen LogP contribution in [0.5, 0.6) is 5.75 Å². The first kappa shape index (κ1) is 12.3. The van der Waals surface area contributed by atoms with Gasteiger partial charge in [-0.05, 0) is 37.2 Å². The van der Waals surface area contributed by atoms with Gasteiger partial charge in [0.05, 0.1) is 18.3 Å². The van der Waals surface area contributed by atoms with Gasteiger partial charge in [-0.15, -0.1) is 0 Å². The molecule has 84 valence electrons. The highest BCUT2D eigenvalue weighted by Gasteiger charge is 2.12. The molecule has 0 heterocycles. The Morgan fingerprint density at radius 1 is 1.47 bits per heavy atom. The van der Waals surface area contributed by atoms with E-state index in [4.69, 9.17) is 22.2 Å². The van der Waals surface area contributed by atoms with Crippen molar-refractivity contribution >= 4 is 11.6 Å². The second kappa shape index (κ2) is 5.32. The number of halogens is 1. The molecule has 1 unspecified atom stereocenters. The van der Waals surface area contributed by atoms with E-state index in [1.54, 1.807) is 7.11 Å². The normalized spacial score (nSPS) is 12.6. The molecule has 0 saturated carbocycles. The number of hydrogen-bond donors (Lipinski definition) is 3. The fourth-order valence-corrected chi connectivity index (χ4v) is 1.72. The van der Waals surface area contributed by atoms with Crippen LogP contribution in [0, 0.1) is 6.92 Å². The molecule has 0 aliphatic rings. The first-order chi connectivity index (χ1) is 7.13. The standard InChI is InChI=1S/C10H16ClN3O/c1-6-4-9(15-3)8(11)5-7(6)10(13-2)14-12/h4-5,10,13-14H,12H2,1-3H3. The van der Waals surface area contributed by atoms with Crippen molar-refractivity contribution in [1.29, 1.82) is 0 Å². The van der Waals surface area contributed by atoms with Gasteiger partial charge in [0.2, 0.25) is 0 Å². The summed E-state index contributed by atoms with van der Waals surface area (Å²) in [6.45, 7) is 1.98. The molecule has 4 nitrogen and oxygen atoms in total. The molecule has 0 fully saturated rings. The van der Waals surface area contributed by atoms with Gasteiger partial charge >= 0.3 is 0 Å². The summed E-state index contributed by atoms with van der Waals surface area (Å²) < 4.78 is 5.12. The Morgan fingerprint density at radius 2 is 2.13 bits per heavy atom. The molecule has 0 amide bonds. The van der Waals surface area contributed by atoms with E-state index in [2.05, 4.69) is 10.7 Å². The van der Waals surface area contributed by atoms with Crippen molar-refractivity contribution in [2.24, 2.45) is 5.84 Å². The lowest BCUT2D eigenvalue weighted by atomic mass is 10.1. The third-order valence-corrected chi connectivity index (χ3v) is 2.60. The van der Waals surface area contributed by atoms with E-state index >= 15 is 0 Å². The molecule has 0 bridgehead atoms. The Labute approximate surface area is 94.7 Å². The Balaban J connectivity index is 3.14. The third-order valence-electron chi connectivity index (χ3n) is 2.31. The van der Waals surface area contributed by atoms with E-state index in [9.17, 15) is 0 Å². The summed E-state index contributed by atoms with van der Waals surface area (Å²) >= 11 is 6.04. The highest BCUT2D eigenvalue weighted by molar-refractivity contribution is 6.32. The number of hydrazine groups is 1. The monoisotopic (exact) mass is 229 g/mol. The average Bonchev–Trinajstić information content (AvgIpc) is 2.24. The number of nitrogens with one attached hydrogen (secondary N) is 2. The Morgan fingerprint density at radius 3 is 2.60 bits per heavy atom. The number of aryl methyl sites for hydroxylation is 1. The summed E-state index contributed by atoms with van der Waals surface area (Å²) in [7, 11) is 3.42. The van der Waals surface area contributed by atoms with E-state index < -0.39 is 0 Å². The van der Waals surface area contributed by atoms with E-state index in [1.165, 1.54) is 0 Å². The van der Waals surface area contributed by atoms with Gasteiger partial charge in [-0.3, -0.25) is 5.84 Å². The van der Waals surface area contributed by atoms with Crippen LogP contribution in [0.2, 0.25) is 5.02 Å². The largest absolute Gasteiger partial charge is 0.495 e. The fraction of sp³-hybridized carbons (Fsp3) is 0.400. The van der Waals surface area contributed by atoms with Crippen molar-refractivity contribution in [3.63, 3.8) is 0 Å². The minimum absolute atomic E-state index is 0.117. The highest BCUT2D eigenvalue weighted by Crippen LogP contribution is 2.29. The number of hydrogen-bond acceptors (Lipinski definition) is 4. The predicted molar refractivity (Wildman–Crippen MR) is 61.9 cm³/mol. The van der Waals surface area contributed by atoms with E-state index in [0.717, 1.165) is 11.1 Å². The number of nitrogens with two attached hydrogens (primary N) is 1. The van der Waals surface area contributed by atoms with Crippen LogP contribution in [-0.4, -0.2) is 14.2 Å². The van der Waals surface area contributed by atoms with Gasteiger partial charge in [0.25, 0.3) is 0 Å². The molecule has 0 aliphatic heterocycles. The number of rotatable bonds is 4. The summed E-state index contributed by atoms with van der Waals surface area (Å²) in [5, 5.41) is 3.62. The molecule has 1 aromatic rings. The van der Waals surface area contributed by atoms with E-state index in [0.29, 0.717) is 10.8 Å².